The van der Waals surface area contributed by atoms with Crippen molar-refractivity contribution >= 4 is 11.7 Å². The number of carbonyl (C=O) groups excluding carboxylic acids is 1. The Kier molecular flexibility index (Phi) is 5.88. The molecule has 5 heteroatoms. The third-order valence-corrected chi connectivity index (χ3v) is 1.65. The predicted molar refractivity (Wildman–Crippen MR) is 51.8 cm³/mol. The molecule has 2 radical (unpaired) electrons. The maximum absolute atomic E-state index is 11.2. The number of carbonyl (C=O) groups is 1. The van der Waals surface area contributed by atoms with Crippen LogP contribution in [0.5, 0.6) is 0 Å². The van der Waals surface area contributed by atoms with E-state index in [1.807, 2.05) is 0 Å². The van der Waals surface area contributed by atoms with Crippen LogP contribution in [0.1, 0.15) is 19.8 Å². The summed E-state index contributed by atoms with van der Waals surface area (Å²) in [4.78, 5) is 14.9. The van der Waals surface area contributed by atoms with E-state index in [2.05, 4.69) is 10.3 Å². The van der Waals surface area contributed by atoms with Crippen LogP contribution < -0.4 is 16.8 Å². The number of aliphatic imine (C=N–C) groups is 1. The minimum atomic E-state index is -0.354. The molecule has 0 fully saturated rings. The summed E-state index contributed by atoms with van der Waals surface area (Å²) in [5.74, 6) is 0.0908. The van der Waals surface area contributed by atoms with E-state index in [-0.39, 0.29) is 17.8 Å². The van der Waals surface area contributed by atoms with Crippen molar-refractivity contribution in [3.8, 4) is 0 Å². The van der Waals surface area contributed by atoms with Crippen molar-refractivity contribution in [1.82, 2.24) is 5.32 Å². The Morgan fingerprint density at radius 1 is 1.62 bits per heavy atom. The summed E-state index contributed by atoms with van der Waals surface area (Å²) in [6.45, 7) is 2.19. The molecule has 0 aliphatic heterocycles. The van der Waals surface area contributed by atoms with Crippen LogP contribution >= 0.6 is 0 Å². The SMILES string of the molecule is [CH]NC(CCN=C(N)N)C(=O)CC. The molecule has 1 atom stereocenters. The first-order chi connectivity index (χ1) is 6.11. The molecular weight excluding hydrogens is 168 g/mol. The number of rotatable bonds is 6. The summed E-state index contributed by atoms with van der Waals surface area (Å²) in [6.07, 6.45) is 0.970. The summed E-state index contributed by atoms with van der Waals surface area (Å²) in [5.41, 5.74) is 10.2. The number of Topliss-reactive ketones (excluding diaryl/α,β-unsaturated/α-hetero) is 1. The Bertz CT molecular complexity index is 187. The Labute approximate surface area is 78.6 Å². The lowest BCUT2D eigenvalue weighted by atomic mass is 10.1. The quantitative estimate of drug-likeness (QED) is 0.288. The van der Waals surface area contributed by atoms with E-state index in [4.69, 9.17) is 18.5 Å². The average molecular weight is 184 g/mol. The lowest BCUT2D eigenvalue weighted by Gasteiger charge is -2.11. The molecule has 0 amide bonds. The summed E-state index contributed by atoms with van der Waals surface area (Å²) in [5, 5.41) is 2.43. The molecule has 13 heavy (non-hydrogen) atoms. The smallest absolute Gasteiger partial charge is 0.185 e. The molecule has 0 aliphatic carbocycles. The summed E-state index contributed by atoms with van der Waals surface area (Å²) in [6, 6.07) is -0.354. The fraction of sp³-hybridized carbons (Fsp3) is 0.625. The largest absolute Gasteiger partial charge is 0.370 e. The third kappa shape index (κ3) is 5.19. The molecule has 0 aromatic carbocycles. The second-order valence-corrected chi connectivity index (χ2v) is 2.63. The number of nitrogens with zero attached hydrogens (tertiary/aromatic N) is 1. The summed E-state index contributed by atoms with van der Waals surface area (Å²) in [7, 11) is 5.18. The molecule has 5 N–H and O–H groups in total. The first-order valence-corrected chi connectivity index (χ1v) is 4.16. The second-order valence-electron chi connectivity index (χ2n) is 2.63. The summed E-state index contributed by atoms with van der Waals surface area (Å²) >= 11 is 0. The maximum atomic E-state index is 11.2. The number of nitrogens with two attached hydrogens (primary N) is 2. The van der Waals surface area contributed by atoms with Crippen LogP contribution in [0.15, 0.2) is 4.99 Å². The first-order valence-electron chi connectivity index (χ1n) is 4.16. The zero-order chi connectivity index (χ0) is 10.3. The Hall–Kier alpha value is -1.10. The van der Waals surface area contributed by atoms with Crippen molar-refractivity contribution in [2.45, 2.75) is 25.8 Å². The molecule has 0 bridgehead atoms. The number of guanidine groups is 1. The molecule has 0 rings (SSSR count). The fourth-order valence-electron chi connectivity index (χ4n) is 0.906. The van der Waals surface area contributed by atoms with Crippen molar-refractivity contribution in [1.29, 1.82) is 0 Å². The van der Waals surface area contributed by atoms with Gasteiger partial charge in [0.25, 0.3) is 0 Å². The standard InChI is InChI=1S/C8H16N4O/c1-3-7(13)6(11-2)4-5-12-8(9)10/h2,6,11H,3-5H2,1H3,(H4,9,10,12). The average Bonchev–Trinajstić information content (AvgIpc) is 2.11. The lowest BCUT2D eigenvalue weighted by molar-refractivity contribution is -0.120. The van der Waals surface area contributed by atoms with Crippen molar-refractivity contribution in [3.63, 3.8) is 0 Å². The minimum Gasteiger partial charge on any atom is -0.370 e. The van der Waals surface area contributed by atoms with E-state index in [1.54, 1.807) is 6.92 Å². The van der Waals surface area contributed by atoms with Gasteiger partial charge < -0.3 is 16.8 Å². The van der Waals surface area contributed by atoms with Gasteiger partial charge in [-0.2, -0.15) is 0 Å². The predicted octanol–water partition coefficient (Wildman–Crippen LogP) is -0.744. The highest BCUT2D eigenvalue weighted by Gasteiger charge is 2.12. The number of nitrogens with one attached hydrogen (secondary N) is 1. The van der Waals surface area contributed by atoms with Crippen LogP contribution in [0.4, 0.5) is 0 Å². The maximum Gasteiger partial charge on any atom is 0.185 e. The minimum absolute atomic E-state index is 0.0275. The topological polar surface area (TPSA) is 93.5 Å². The molecular formula is C8H16N4O. The van der Waals surface area contributed by atoms with Crippen molar-refractivity contribution in [3.05, 3.63) is 7.05 Å². The van der Waals surface area contributed by atoms with Gasteiger partial charge in [0.15, 0.2) is 5.96 Å². The number of hydrogen-bond donors (Lipinski definition) is 3. The highest BCUT2D eigenvalue weighted by molar-refractivity contribution is 5.83. The Balaban J connectivity index is 3.86. The third-order valence-electron chi connectivity index (χ3n) is 1.65. The normalized spacial score (nSPS) is 12.2. The molecule has 0 aromatic rings. The van der Waals surface area contributed by atoms with E-state index >= 15 is 0 Å². The van der Waals surface area contributed by atoms with Gasteiger partial charge in [0.05, 0.1) is 6.04 Å². The molecule has 0 aliphatic rings. The highest BCUT2D eigenvalue weighted by Crippen LogP contribution is 1.97. The van der Waals surface area contributed by atoms with Crippen LogP contribution in [-0.4, -0.2) is 24.3 Å². The van der Waals surface area contributed by atoms with Crippen molar-refractivity contribution in [2.24, 2.45) is 16.5 Å². The van der Waals surface area contributed by atoms with Gasteiger partial charge in [0, 0.05) is 20.0 Å². The van der Waals surface area contributed by atoms with E-state index in [9.17, 15) is 4.79 Å². The van der Waals surface area contributed by atoms with Crippen LogP contribution in [0.2, 0.25) is 0 Å². The van der Waals surface area contributed by atoms with Crippen molar-refractivity contribution in [2.75, 3.05) is 6.54 Å². The Morgan fingerprint density at radius 3 is 2.62 bits per heavy atom. The molecule has 0 saturated heterocycles. The molecule has 1 unspecified atom stereocenters. The van der Waals surface area contributed by atoms with E-state index in [1.165, 1.54) is 0 Å². The molecule has 0 spiro atoms. The van der Waals surface area contributed by atoms with Gasteiger partial charge in [0.2, 0.25) is 0 Å². The van der Waals surface area contributed by atoms with E-state index < -0.39 is 0 Å². The first kappa shape index (κ1) is 11.9. The zero-order valence-corrected chi connectivity index (χ0v) is 7.79. The van der Waals surface area contributed by atoms with Gasteiger partial charge in [0.1, 0.15) is 5.78 Å². The second kappa shape index (κ2) is 6.42. The van der Waals surface area contributed by atoms with Gasteiger partial charge in [-0.25, -0.2) is 0 Å². The number of hydrogen-bond acceptors (Lipinski definition) is 3. The van der Waals surface area contributed by atoms with Crippen molar-refractivity contribution < 1.29 is 4.79 Å². The number of ketones is 1. The Morgan fingerprint density at radius 2 is 2.23 bits per heavy atom. The monoisotopic (exact) mass is 184 g/mol. The van der Waals surface area contributed by atoms with Gasteiger partial charge in [-0.3, -0.25) is 9.79 Å². The van der Waals surface area contributed by atoms with Crippen LogP contribution in [0.25, 0.3) is 0 Å². The van der Waals surface area contributed by atoms with Gasteiger partial charge in [-0.05, 0) is 6.42 Å². The molecule has 74 valence electrons. The van der Waals surface area contributed by atoms with Gasteiger partial charge in [-0.1, -0.05) is 6.92 Å². The molecule has 0 heterocycles. The zero-order valence-electron chi connectivity index (χ0n) is 7.79. The summed E-state index contributed by atoms with van der Waals surface area (Å²) < 4.78 is 0. The van der Waals surface area contributed by atoms with E-state index in [0.29, 0.717) is 19.4 Å². The molecule has 5 nitrogen and oxygen atoms in total. The molecule has 0 aromatic heterocycles. The van der Waals surface area contributed by atoms with Crippen LogP contribution in [0, 0.1) is 7.05 Å². The highest BCUT2D eigenvalue weighted by atomic mass is 16.1. The van der Waals surface area contributed by atoms with Crippen LogP contribution in [0.3, 0.4) is 0 Å². The lowest BCUT2D eigenvalue weighted by Crippen LogP contribution is -2.33. The van der Waals surface area contributed by atoms with E-state index in [0.717, 1.165) is 0 Å². The van der Waals surface area contributed by atoms with Gasteiger partial charge >= 0.3 is 0 Å². The van der Waals surface area contributed by atoms with Crippen LogP contribution in [-0.2, 0) is 4.79 Å². The fourth-order valence-corrected chi connectivity index (χ4v) is 0.906. The van der Waals surface area contributed by atoms with Gasteiger partial charge in [-0.15, -0.1) is 0 Å². The molecule has 0 saturated carbocycles.